The number of halogens is 1. The van der Waals surface area contributed by atoms with Gasteiger partial charge in [0.15, 0.2) is 5.82 Å². The summed E-state index contributed by atoms with van der Waals surface area (Å²) >= 11 is 0. The minimum Gasteiger partial charge on any atom is -0.345 e. The summed E-state index contributed by atoms with van der Waals surface area (Å²) in [5.74, 6) is -1.01. The van der Waals surface area contributed by atoms with Gasteiger partial charge in [-0.1, -0.05) is 0 Å². The molecule has 0 saturated heterocycles. The third-order valence-electron chi connectivity index (χ3n) is 3.70. The Kier molecular flexibility index (Phi) is 3.22. The molecule has 6 heteroatoms. The average Bonchev–Trinajstić information content (AvgIpc) is 2.82. The molecular weight excluding hydrogens is 259 g/mol. The first-order valence-corrected chi connectivity index (χ1v) is 6.58. The van der Waals surface area contributed by atoms with E-state index < -0.39 is 11.7 Å². The highest BCUT2D eigenvalue weighted by Gasteiger charge is 2.25. The SMILES string of the molecule is Cn1ncc2c1CCCC2NC(=O)c1ccncc1F. The van der Waals surface area contributed by atoms with E-state index >= 15 is 0 Å². The molecule has 3 rings (SSSR count). The zero-order chi connectivity index (χ0) is 14.1. The van der Waals surface area contributed by atoms with Crippen molar-refractivity contribution < 1.29 is 9.18 Å². The molecule has 20 heavy (non-hydrogen) atoms. The fourth-order valence-corrected chi connectivity index (χ4v) is 2.65. The van der Waals surface area contributed by atoms with Crippen molar-refractivity contribution in [2.24, 2.45) is 7.05 Å². The number of carbonyl (C=O) groups is 1. The van der Waals surface area contributed by atoms with Gasteiger partial charge in [-0.3, -0.25) is 14.5 Å². The van der Waals surface area contributed by atoms with Gasteiger partial charge < -0.3 is 5.32 Å². The van der Waals surface area contributed by atoms with E-state index in [4.69, 9.17) is 0 Å². The summed E-state index contributed by atoms with van der Waals surface area (Å²) in [6.07, 6.45) is 7.03. The van der Waals surface area contributed by atoms with Gasteiger partial charge in [-0.05, 0) is 25.3 Å². The van der Waals surface area contributed by atoms with Crippen molar-refractivity contribution in [1.82, 2.24) is 20.1 Å². The number of pyridine rings is 1. The predicted octanol–water partition coefficient (Wildman–Crippen LogP) is 1.76. The number of hydrogen-bond acceptors (Lipinski definition) is 3. The van der Waals surface area contributed by atoms with Crippen molar-refractivity contribution in [1.29, 1.82) is 0 Å². The maximum atomic E-state index is 13.6. The Labute approximate surface area is 115 Å². The van der Waals surface area contributed by atoms with Crippen molar-refractivity contribution in [2.45, 2.75) is 25.3 Å². The first-order chi connectivity index (χ1) is 9.66. The summed E-state index contributed by atoms with van der Waals surface area (Å²) in [4.78, 5) is 15.8. The van der Waals surface area contributed by atoms with Crippen molar-refractivity contribution in [3.63, 3.8) is 0 Å². The molecule has 1 aliphatic rings. The molecule has 0 radical (unpaired) electrons. The van der Waals surface area contributed by atoms with Gasteiger partial charge in [0.25, 0.3) is 5.91 Å². The van der Waals surface area contributed by atoms with Crippen molar-refractivity contribution in [2.75, 3.05) is 0 Å². The van der Waals surface area contributed by atoms with E-state index in [1.165, 1.54) is 12.3 Å². The Bertz CT molecular complexity index is 652. The summed E-state index contributed by atoms with van der Waals surface area (Å²) in [6.45, 7) is 0. The van der Waals surface area contributed by atoms with Gasteiger partial charge in [0, 0.05) is 24.5 Å². The van der Waals surface area contributed by atoms with E-state index in [1.807, 2.05) is 11.7 Å². The fourth-order valence-electron chi connectivity index (χ4n) is 2.65. The van der Waals surface area contributed by atoms with Gasteiger partial charge in [-0.25, -0.2) is 4.39 Å². The monoisotopic (exact) mass is 274 g/mol. The van der Waals surface area contributed by atoms with E-state index in [-0.39, 0.29) is 11.6 Å². The number of rotatable bonds is 2. The molecule has 0 aromatic carbocycles. The lowest BCUT2D eigenvalue weighted by molar-refractivity contribution is 0.0928. The highest BCUT2D eigenvalue weighted by atomic mass is 19.1. The second kappa shape index (κ2) is 5.03. The number of carbonyl (C=O) groups excluding carboxylic acids is 1. The smallest absolute Gasteiger partial charge is 0.254 e. The van der Waals surface area contributed by atoms with Crippen LogP contribution in [0.1, 0.15) is 40.5 Å². The minimum atomic E-state index is -0.604. The number of hydrogen-bond donors (Lipinski definition) is 1. The highest BCUT2D eigenvalue weighted by Crippen LogP contribution is 2.29. The van der Waals surface area contributed by atoms with Gasteiger partial charge in [-0.15, -0.1) is 0 Å². The van der Waals surface area contributed by atoms with Crippen molar-refractivity contribution in [3.05, 3.63) is 47.3 Å². The number of aromatic nitrogens is 3. The summed E-state index contributed by atoms with van der Waals surface area (Å²) in [7, 11) is 1.89. The molecule has 2 aromatic rings. The summed E-state index contributed by atoms with van der Waals surface area (Å²) in [5.41, 5.74) is 2.19. The Hall–Kier alpha value is -2.24. The van der Waals surface area contributed by atoms with E-state index in [0.29, 0.717) is 0 Å². The van der Waals surface area contributed by atoms with Crippen LogP contribution in [0.25, 0.3) is 0 Å². The Morgan fingerprint density at radius 2 is 2.35 bits per heavy atom. The Morgan fingerprint density at radius 1 is 1.50 bits per heavy atom. The normalized spacial score (nSPS) is 17.6. The van der Waals surface area contributed by atoms with Crippen LogP contribution in [-0.2, 0) is 13.5 Å². The van der Waals surface area contributed by atoms with E-state index in [1.54, 1.807) is 6.20 Å². The lowest BCUT2D eigenvalue weighted by atomic mass is 9.93. The second-order valence-electron chi connectivity index (χ2n) is 4.94. The third-order valence-corrected chi connectivity index (χ3v) is 3.70. The second-order valence-corrected chi connectivity index (χ2v) is 4.94. The molecule has 0 fully saturated rings. The van der Waals surface area contributed by atoms with Crippen LogP contribution < -0.4 is 5.32 Å². The Morgan fingerprint density at radius 3 is 3.15 bits per heavy atom. The standard InChI is InChI=1S/C14H15FN4O/c1-19-13-4-2-3-12(10(13)7-17-19)18-14(20)9-5-6-16-8-11(9)15/h5-8,12H,2-4H2,1H3,(H,18,20). The van der Waals surface area contributed by atoms with E-state index in [9.17, 15) is 9.18 Å². The van der Waals surface area contributed by atoms with Crippen LogP contribution in [0.4, 0.5) is 4.39 Å². The molecule has 2 aromatic heterocycles. The molecule has 1 aliphatic carbocycles. The first kappa shape index (κ1) is 12.8. The highest BCUT2D eigenvalue weighted by molar-refractivity contribution is 5.94. The molecule has 1 atom stereocenters. The molecule has 104 valence electrons. The van der Waals surface area contributed by atoms with Crippen LogP contribution in [0.5, 0.6) is 0 Å². The maximum absolute atomic E-state index is 13.6. The largest absolute Gasteiger partial charge is 0.345 e. The number of aryl methyl sites for hydroxylation is 1. The number of nitrogens with zero attached hydrogens (tertiary/aromatic N) is 3. The fraction of sp³-hybridized carbons (Fsp3) is 0.357. The quantitative estimate of drug-likeness (QED) is 0.907. The molecule has 1 amide bonds. The van der Waals surface area contributed by atoms with Crippen LogP contribution >= 0.6 is 0 Å². The zero-order valence-electron chi connectivity index (χ0n) is 11.1. The van der Waals surface area contributed by atoms with Gasteiger partial charge in [0.05, 0.1) is 24.0 Å². The maximum Gasteiger partial charge on any atom is 0.254 e. The third kappa shape index (κ3) is 2.17. The molecule has 0 aliphatic heterocycles. The van der Waals surface area contributed by atoms with Gasteiger partial charge in [-0.2, -0.15) is 5.10 Å². The molecule has 0 saturated carbocycles. The van der Waals surface area contributed by atoms with Gasteiger partial charge >= 0.3 is 0 Å². The lowest BCUT2D eigenvalue weighted by Gasteiger charge is -2.23. The van der Waals surface area contributed by atoms with Crippen molar-refractivity contribution >= 4 is 5.91 Å². The first-order valence-electron chi connectivity index (χ1n) is 6.58. The summed E-state index contributed by atoms with van der Waals surface area (Å²) in [6, 6.07) is 1.28. The molecule has 0 spiro atoms. The van der Waals surface area contributed by atoms with Gasteiger partial charge in [0.2, 0.25) is 0 Å². The van der Waals surface area contributed by atoms with E-state index in [2.05, 4.69) is 15.4 Å². The lowest BCUT2D eigenvalue weighted by Crippen LogP contribution is -2.31. The average molecular weight is 274 g/mol. The zero-order valence-corrected chi connectivity index (χ0v) is 11.1. The molecular formula is C14H15FN4O. The molecule has 1 N–H and O–H groups in total. The predicted molar refractivity (Wildman–Crippen MR) is 70.5 cm³/mol. The van der Waals surface area contributed by atoms with Crippen LogP contribution in [0, 0.1) is 5.82 Å². The van der Waals surface area contributed by atoms with Crippen LogP contribution in [-0.4, -0.2) is 20.7 Å². The summed E-state index contributed by atoms with van der Waals surface area (Å²) in [5, 5.41) is 7.11. The number of nitrogens with one attached hydrogen (secondary N) is 1. The topological polar surface area (TPSA) is 59.8 Å². The van der Waals surface area contributed by atoms with Crippen LogP contribution in [0.3, 0.4) is 0 Å². The van der Waals surface area contributed by atoms with Crippen molar-refractivity contribution in [3.8, 4) is 0 Å². The minimum absolute atomic E-state index is 0.0241. The summed E-state index contributed by atoms with van der Waals surface area (Å²) < 4.78 is 15.4. The van der Waals surface area contributed by atoms with E-state index in [0.717, 1.165) is 36.7 Å². The number of fused-ring (bicyclic) bond motifs is 1. The molecule has 2 heterocycles. The molecule has 0 bridgehead atoms. The van der Waals surface area contributed by atoms with Crippen LogP contribution in [0.15, 0.2) is 24.7 Å². The Balaban J connectivity index is 1.83. The molecule has 5 nitrogen and oxygen atoms in total. The van der Waals surface area contributed by atoms with Crippen LogP contribution in [0.2, 0.25) is 0 Å². The number of amides is 1. The molecule has 1 unspecified atom stereocenters. The van der Waals surface area contributed by atoms with Gasteiger partial charge in [0.1, 0.15) is 0 Å².